The molecule has 1 aromatic carbocycles. The molecular formula is C9H3F4NO2. The Morgan fingerprint density at radius 3 is 1.88 bits per heavy atom. The van der Waals surface area contributed by atoms with Gasteiger partial charge in [0.1, 0.15) is 17.2 Å². The van der Waals surface area contributed by atoms with Gasteiger partial charge in [0.05, 0.1) is 7.11 Å². The molecule has 0 unspecified atom stereocenters. The number of nitrogens with zero attached hydrogens (tertiary/aromatic N) is 1. The van der Waals surface area contributed by atoms with E-state index in [4.69, 9.17) is 5.26 Å². The minimum absolute atomic E-state index is 0.787. The molecule has 7 heteroatoms. The predicted molar refractivity (Wildman–Crippen MR) is 42.3 cm³/mol. The molecule has 0 aromatic heterocycles. The second-order valence-electron chi connectivity index (χ2n) is 2.61. The quantitative estimate of drug-likeness (QED) is 0.423. The number of hydrogen-bond acceptors (Lipinski definition) is 3. The van der Waals surface area contributed by atoms with Gasteiger partial charge in [-0.15, -0.1) is 0 Å². The van der Waals surface area contributed by atoms with Crippen LogP contribution in [0.5, 0.6) is 0 Å². The molecule has 0 amide bonds. The molecule has 0 bridgehead atoms. The molecule has 0 aliphatic rings. The summed E-state index contributed by atoms with van der Waals surface area (Å²) in [7, 11) is 0.787. The summed E-state index contributed by atoms with van der Waals surface area (Å²) in [5.41, 5.74) is -2.93. The maximum absolute atomic E-state index is 13.1. The van der Waals surface area contributed by atoms with E-state index in [1.54, 1.807) is 0 Å². The zero-order valence-corrected chi connectivity index (χ0v) is 7.78. The Balaban J connectivity index is 3.68. The monoisotopic (exact) mass is 233 g/mol. The summed E-state index contributed by atoms with van der Waals surface area (Å²) in [5, 5.41) is 8.26. The number of methoxy groups -OCH3 is 1. The van der Waals surface area contributed by atoms with Crippen LogP contribution in [0.15, 0.2) is 0 Å². The molecule has 16 heavy (non-hydrogen) atoms. The van der Waals surface area contributed by atoms with Crippen LogP contribution in [-0.4, -0.2) is 13.1 Å². The largest absolute Gasteiger partial charge is 0.465 e. The van der Waals surface area contributed by atoms with Crippen LogP contribution >= 0.6 is 0 Å². The van der Waals surface area contributed by atoms with Crippen LogP contribution in [0.4, 0.5) is 17.6 Å². The molecule has 0 saturated carbocycles. The first kappa shape index (κ1) is 12.0. The summed E-state index contributed by atoms with van der Waals surface area (Å²) in [6.07, 6.45) is 0. The Morgan fingerprint density at radius 2 is 1.56 bits per heavy atom. The van der Waals surface area contributed by atoms with Gasteiger partial charge in [0.15, 0.2) is 23.3 Å². The SMILES string of the molecule is COC(=O)c1c(F)c(F)c(C#N)c(F)c1F. The summed E-state index contributed by atoms with van der Waals surface area (Å²) in [6, 6.07) is 0.947. The third-order valence-corrected chi connectivity index (χ3v) is 1.76. The van der Waals surface area contributed by atoms with Gasteiger partial charge < -0.3 is 4.74 Å². The van der Waals surface area contributed by atoms with E-state index < -0.39 is 40.4 Å². The zero-order chi connectivity index (χ0) is 12.5. The van der Waals surface area contributed by atoms with Gasteiger partial charge >= 0.3 is 5.97 Å². The van der Waals surface area contributed by atoms with E-state index in [-0.39, 0.29) is 0 Å². The van der Waals surface area contributed by atoms with Gasteiger partial charge in [-0.25, -0.2) is 22.4 Å². The van der Waals surface area contributed by atoms with Crippen molar-refractivity contribution in [2.45, 2.75) is 0 Å². The van der Waals surface area contributed by atoms with E-state index in [1.807, 2.05) is 0 Å². The van der Waals surface area contributed by atoms with Crippen molar-refractivity contribution in [2.24, 2.45) is 0 Å². The lowest BCUT2D eigenvalue weighted by Gasteiger charge is -2.06. The molecule has 0 atom stereocenters. The zero-order valence-electron chi connectivity index (χ0n) is 7.78. The van der Waals surface area contributed by atoms with Gasteiger partial charge in [0.2, 0.25) is 0 Å². The first-order chi connectivity index (χ1) is 7.45. The van der Waals surface area contributed by atoms with Crippen molar-refractivity contribution in [1.82, 2.24) is 0 Å². The van der Waals surface area contributed by atoms with Crippen LogP contribution in [0.2, 0.25) is 0 Å². The Morgan fingerprint density at radius 1 is 1.12 bits per heavy atom. The number of rotatable bonds is 1. The fraction of sp³-hybridized carbons (Fsp3) is 0.111. The van der Waals surface area contributed by atoms with Crippen molar-refractivity contribution >= 4 is 5.97 Å². The highest BCUT2D eigenvalue weighted by molar-refractivity contribution is 5.90. The lowest BCUT2D eigenvalue weighted by Crippen LogP contribution is -2.13. The fourth-order valence-corrected chi connectivity index (χ4v) is 1.01. The first-order valence-electron chi connectivity index (χ1n) is 3.80. The number of hydrogen-bond donors (Lipinski definition) is 0. The number of nitriles is 1. The molecule has 1 rings (SSSR count). The predicted octanol–water partition coefficient (Wildman–Crippen LogP) is 1.90. The third kappa shape index (κ3) is 1.58. The van der Waals surface area contributed by atoms with Crippen LogP contribution in [0.25, 0.3) is 0 Å². The van der Waals surface area contributed by atoms with Crippen LogP contribution in [0.3, 0.4) is 0 Å². The van der Waals surface area contributed by atoms with E-state index in [2.05, 4.69) is 4.74 Å². The maximum Gasteiger partial charge on any atom is 0.344 e. The first-order valence-corrected chi connectivity index (χ1v) is 3.80. The molecule has 1 aromatic rings. The Hall–Kier alpha value is -2.10. The van der Waals surface area contributed by atoms with E-state index in [0.717, 1.165) is 13.2 Å². The smallest absolute Gasteiger partial charge is 0.344 e. The normalized spacial score (nSPS) is 9.75. The van der Waals surface area contributed by atoms with Crippen LogP contribution in [-0.2, 0) is 4.74 Å². The summed E-state index contributed by atoms with van der Waals surface area (Å²) in [6.45, 7) is 0. The third-order valence-electron chi connectivity index (χ3n) is 1.76. The van der Waals surface area contributed by atoms with E-state index >= 15 is 0 Å². The lowest BCUT2D eigenvalue weighted by atomic mass is 10.1. The molecule has 0 aliphatic heterocycles. The second kappa shape index (κ2) is 4.18. The maximum atomic E-state index is 13.1. The Labute approximate surface area is 86.9 Å². The molecule has 0 spiro atoms. The van der Waals surface area contributed by atoms with Gasteiger partial charge in [-0.3, -0.25) is 0 Å². The van der Waals surface area contributed by atoms with E-state index in [0.29, 0.717) is 0 Å². The highest BCUT2D eigenvalue weighted by Gasteiger charge is 2.29. The summed E-state index contributed by atoms with van der Waals surface area (Å²) in [5.74, 6) is -9.34. The molecule has 84 valence electrons. The number of halogens is 4. The second-order valence-corrected chi connectivity index (χ2v) is 2.61. The number of carbonyl (C=O) groups excluding carboxylic acids is 1. The van der Waals surface area contributed by atoms with Crippen LogP contribution < -0.4 is 0 Å². The van der Waals surface area contributed by atoms with Gasteiger partial charge in [0, 0.05) is 0 Å². The Bertz CT molecular complexity index is 478. The number of benzene rings is 1. The minimum Gasteiger partial charge on any atom is -0.465 e. The summed E-state index contributed by atoms with van der Waals surface area (Å²) >= 11 is 0. The Kier molecular flexibility index (Phi) is 3.13. The van der Waals surface area contributed by atoms with E-state index in [1.165, 1.54) is 0 Å². The minimum atomic E-state index is -1.96. The standard InChI is InChI=1S/C9H3F4NO2/c1-16-9(15)4-7(12)5(10)3(2-14)6(11)8(4)13/h1H3. The van der Waals surface area contributed by atoms with Crippen molar-refractivity contribution in [3.8, 4) is 6.07 Å². The molecule has 0 radical (unpaired) electrons. The molecule has 0 heterocycles. The highest BCUT2D eigenvalue weighted by Crippen LogP contribution is 2.24. The fourth-order valence-electron chi connectivity index (χ4n) is 1.01. The summed E-state index contributed by atoms with van der Waals surface area (Å²) in [4.78, 5) is 10.8. The van der Waals surface area contributed by atoms with Crippen molar-refractivity contribution in [1.29, 1.82) is 5.26 Å². The number of carbonyl (C=O) groups is 1. The topological polar surface area (TPSA) is 50.1 Å². The molecular weight excluding hydrogens is 230 g/mol. The highest BCUT2D eigenvalue weighted by atomic mass is 19.2. The lowest BCUT2D eigenvalue weighted by molar-refractivity contribution is 0.0587. The van der Waals surface area contributed by atoms with Crippen LogP contribution in [0.1, 0.15) is 15.9 Å². The number of esters is 1. The van der Waals surface area contributed by atoms with Gasteiger partial charge in [-0.2, -0.15) is 5.26 Å². The van der Waals surface area contributed by atoms with Crippen molar-refractivity contribution in [3.05, 3.63) is 34.4 Å². The average molecular weight is 233 g/mol. The van der Waals surface area contributed by atoms with E-state index in [9.17, 15) is 22.4 Å². The molecule has 3 nitrogen and oxygen atoms in total. The van der Waals surface area contributed by atoms with Gasteiger partial charge in [0.25, 0.3) is 0 Å². The molecule has 0 fully saturated rings. The number of ether oxygens (including phenoxy) is 1. The molecule has 0 N–H and O–H groups in total. The van der Waals surface area contributed by atoms with Crippen molar-refractivity contribution in [3.63, 3.8) is 0 Å². The van der Waals surface area contributed by atoms with Crippen molar-refractivity contribution < 1.29 is 27.1 Å². The van der Waals surface area contributed by atoms with Crippen molar-refractivity contribution in [2.75, 3.05) is 7.11 Å². The van der Waals surface area contributed by atoms with Gasteiger partial charge in [-0.1, -0.05) is 0 Å². The summed E-state index contributed by atoms with van der Waals surface area (Å²) < 4.78 is 56.1. The van der Waals surface area contributed by atoms with Gasteiger partial charge in [-0.05, 0) is 0 Å². The average Bonchev–Trinajstić information content (AvgIpc) is 2.27. The molecule has 0 aliphatic carbocycles. The van der Waals surface area contributed by atoms with Crippen LogP contribution in [0, 0.1) is 34.6 Å². The molecule has 0 saturated heterocycles.